The zero-order chi connectivity index (χ0) is 14.9. The van der Waals surface area contributed by atoms with Gasteiger partial charge < -0.3 is 27.2 Å². The van der Waals surface area contributed by atoms with Gasteiger partial charge in [-0.3, -0.25) is 0 Å². The summed E-state index contributed by atoms with van der Waals surface area (Å²) < 4.78 is 11.5. The number of nitrogens with two attached hydrogens (primary N) is 1. The number of rotatable bonds is 8. The van der Waals surface area contributed by atoms with Crippen molar-refractivity contribution in [2.24, 2.45) is 0 Å². The van der Waals surface area contributed by atoms with Crippen LogP contribution >= 0.6 is 0 Å². The second-order valence-electron chi connectivity index (χ2n) is 5.09. The highest BCUT2D eigenvalue weighted by atomic mass is 35.5. The quantitative estimate of drug-likeness (QED) is 0.655. The fraction of sp³-hybridized carbons (Fsp3) is 0.333. The minimum atomic E-state index is 0. The van der Waals surface area contributed by atoms with Crippen molar-refractivity contribution in [1.82, 2.24) is 0 Å². The standard InChI is InChI=1S/C18H23NO2.ClH/c1-15-7-3-5-9-17(15)20-13-11-19-12-14-21-18-10-6-4-8-16(18)2;/h3-10,19H,11-14H2,1-2H3;1H. The molecule has 0 bridgehead atoms. The van der Waals surface area contributed by atoms with Crippen molar-refractivity contribution in [2.45, 2.75) is 13.8 Å². The number of hydrogen-bond donors (Lipinski definition) is 1. The first kappa shape index (κ1) is 18.3. The van der Waals surface area contributed by atoms with E-state index in [0.717, 1.165) is 37.8 Å². The summed E-state index contributed by atoms with van der Waals surface area (Å²) in [6.07, 6.45) is 0. The first-order valence-electron chi connectivity index (χ1n) is 7.46. The van der Waals surface area contributed by atoms with Crippen molar-refractivity contribution in [2.75, 3.05) is 26.3 Å². The molecule has 0 unspecified atom stereocenters. The van der Waals surface area contributed by atoms with E-state index in [4.69, 9.17) is 9.47 Å². The fourth-order valence-corrected chi connectivity index (χ4v) is 2.09. The topological polar surface area (TPSA) is 35.1 Å². The van der Waals surface area contributed by atoms with Gasteiger partial charge in [0, 0.05) is 0 Å². The number of para-hydroxylation sites is 2. The molecule has 2 aromatic carbocycles. The Kier molecular flexibility index (Phi) is 8.41. The summed E-state index contributed by atoms with van der Waals surface area (Å²) in [6.45, 7) is 7.44. The maximum Gasteiger partial charge on any atom is 0.137 e. The molecule has 2 N–H and O–H groups in total. The van der Waals surface area contributed by atoms with Gasteiger partial charge in [-0.2, -0.15) is 0 Å². The average molecular weight is 322 g/mol. The number of ether oxygens (including phenoxy) is 2. The van der Waals surface area contributed by atoms with Crippen molar-refractivity contribution in [3.8, 4) is 11.5 Å². The smallest absolute Gasteiger partial charge is 0.137 e. The fourth-order valence-electron chi connectivity index (χ4n) is 2.09. The van der Waals surface area contributed by atoms with E-state index in [9.17, 15) is 0 Å². The van der Waals surface area contributed by atoms with E-state index in [1.54, 1.807) is 0 Å². The summed E-state index contributed by atoms with van der Waals surface area (Å²) in [5.74, 6) is 1.95. The molecule has 0 fully saturated rings. The first-order chi connectivity index (χ1) is 10.3. The summed E-state index contributed by atoms with van der Waals surface area (Å²) in [5, 5.41) is 2.22. The number of quaternary nitrogens is 1. The summed E-state index contributed by atoms with van der Waals surface area (Å²) in [6, 6.07) is 16.2. The van der Waals surface area contributed by atoms with Gasteiger partial charge in [0.1, 0.15) is 37.8 Å². The average Bonchev–Trinajstić information content (AvgIpc) is 2.50. The Morgan fingerprint density at radius 3 is 1.55 bits per heavy atom. The Labute approximate surface area is 139 Å². The van der Waals surface area contributed by atoms with Crippen LogP contribution in [-0.4, -0.2) is 26.3 Å². The van der Waals surface area contributed by atoms with Crippen LogP contribution in [0.25, 0.3) is 0 Å². The molecule has 0 saturated heterocycles. The minimum absolute atomic E-state index is 0. The normalized spacial score (nSPS) is 9.91. The Morgan fingerprint density at radius 2 is 1.14 bits per heavy atom. The maximum atomic E-state index is 5.75. The van der Waals surface area contributed by atoms with Crippen LogP contribution in [-0.2, 0) is 0 Å². The lowest BCUT2D eigenvalue weighted by molar-refractivity contribution is -0.655. The molecule has 2 aromatic rings. The van der Waals surface area contributed by atoms with Gasteiger partial charge in [-0.05, 0) is 37.1 Å². The van der Waals surface area contributed by atoms with Gasteiger partial charge in [0.25, 0.3) is 0 Å². The molecule has 3 nitrogen and oxygen atoms in total. The van der Waals surface area contributed by atoms with Crippen LogP contribution in [0.1, 0.15) is 11.1 Å². The van der Waals surface area contributed by atoms with Gasteiger partial charge in [0.15, 0.2) is 0 Å². The molecule has 0 aliphatic rings. The molecule has 0 heterocycles. The van der Waals surface area contributed by atoms with Gasteiger partial charge in [0.2, 0.25) is 0 Å². The number of benzene rings is 2. The highest BCUT2D eigenvalue weighted by Gasteiger charge is 2.00. The van der Waals surface area contributed by atoms with E-state index < -0.39 is 0 Å². The van der Waals surface area contributed by atoms with Gasteiger partial charge in [0.05, 0.1) is 0 Å². The Hall–Kier alpha value is -1.71. The van der Waals surface area contributed by atoms with Crippen LogP contribution in [0.4, 0.5) is 0 Å². The first-order valence-corrected chi connectivity index (χ1v) is 7.46. The van der Waals surface area contributed by atoms with E-state index in [2.05, 4.69) is 31.3 Å². The van der Waals surface area contributed by atoms with E-state index in [1.807, 2.05) is 36.4 Å². The van der Waals surface area contributed by atoms with Crippen molar-refractivity contribution < 1.29 is 27.2 Å². The Morgan fingerprint density at radius 1 is 0.727 bits per heavy atom. The molecule has 0 atom stereocenters. The van der Waals surface area contributed by atoms with E-state index in [-0.39, 0.29) is 12.4 Å². The molecule has 120 valence electrons. The van der Waals surface area contributed by atoms with Gasteiger partial charge >= 0.3 is 0 Å². The monoisotopic (exact) mass is 321 g/mol. The van der Waals surface area contributed by atoms with E-state index in [1.165, 1.54) is 11.1 Å². The second-order valence-corrected chi connectivity index (χ2v) is 5.09. The van der Waals surface area contributed by atoms with Crippen molar-refractivity contribution in [3.05, 3.63) is 59.7 Å². The van der Waals surface area contributed by atoms with Crippen LogP contribution in [0.5, 0.6) is 11.5 Å². The molecule has 0 saturated carbocycles. The number of aryl methyl sites for hydroxylation is 2. The zero-order valence-electron chi connectivity index (χ0n) is 13.2. The van der Waals surface area contributed by atoms with Crippen LogP contribution in [0.15, 0.2) is 48.5 Å². The van der Waals surface area contributed by atoms with Crippen LogP contribution < -0.4 is 27.2 Å². The maximum absolute atomic E-state index is 5.75. The summed E-state index contributed by atoms with van der Waals surface area (Å²) in [5.41, 5.74) is 2.36. The predicted octanol–water partition coefficient (Wildman–Crippen LogP) is -0.671. The van der Waals surface area contributed by atoms with Gasteiger partial charge in [-0.1, -0.05) is 36.4 Å². The van der Waals surface area contributed by atoms with Crippen molar-refractivity contribution in [1.29, 1.82) is 0 Å². The zero-order valence-corrected chi connectivity index (χ0v) is 14.0. The summed E-state index contributed by atoms with van der Waals surface area (Å²) >= 11 is 0. The molecule has 2 rings (SSSR count). The second kappa shape index (κ2) is 10.1. The van der Waals surface area contributed by atoms with E-state index in [0.29, 0.717) is 0 Å². The molecule has 0 amide bonds. The van der Waals surface area contributed by atoms with Crippen molar-refractivity contribution in [3.63, 3.8) is 0 Å². The van der Waals surface area contributed by atoms with Crippen molar-refractivity contribution >= 4 is 0 Å². The Bertz CT molecular complexity index is 511. The summed E-state index contributed by atoms with van der Waals surface area (Å²) in [4.78, 5) is 0. The van der Waals surface area contributed by atoms with E-state index >= 15 is 0 Å². The van der Waals surface area contributed by atoms with Crippen LogP contribution in [0, 0.1) is 13.8 Å². The highest BCUT2D eigenvalue weighted by Crippen LogP contribution is 2.16. The van der Waals surface area contributed by atoms with Crippen LogP contribution in [0.3, 0.4) is 0 Å². The lowest BCUT2D eigenvalue weighted by Gasteiger charge is -2.09. The number of halogens is 1. The third kappa shape index (κ3) is 5.96. The molecule has 0 spiro atoms. The molecule has 0 aliphatic carbocycles. The predicted molar refractivity (Wildman–Crippen MR) is 85.0 cm³/mol. The lowest BCUT2D eigenvalue weighted by Crippen LogP contribution is -3.00. The SMILES string of the molecule is Cc1ccccc1OCC[NH2+]CCOc1ccccc1C.[Cl-]. The molecule has 22 heavy (non-hydrogen) atoms. The highest BCUT2D eigenvalue weighted by molar-refractivity contribution is 5.32. The van der Waals surface area contributed by atoms with Gasteiger partial charge in [-0.15, -0.1) is 0 Å². The number of hydrogen-bond acceptors (Lipinski definition) is 2. The molecule has 0 aromatic heterocycles. The van der Waals surface area contributed by atoms with Gasteiger partial charge in [-0.25, -0.2) is 0 Å². The molecular formula is C18H24ClNO2. The summed E-state index contributed by atoms with van der Waals surface area (Å²) in [7, 11) is 0. The molecule has 0 aliphatic heterocycles. The minimum Gasteiger partial charge on any atom is -1.00 e. The third-order valence-corrected chi connectivity index (χ3v) is 3.35. The molecule has 4 heteroatoms. The largest absolute Gasteiger partial charge is 1.00 e. The lowest BCUT2D eigenvalue weighted by atomic mass is 10.2. The van der Waals surface area contributed by atoms with Crippen LogP contribution in [0.2, 0.25) is 0 Å². The Balaban J connectivity index is 0.00000242. The molecular weight excluding hydrogens is 298 g/mol. The third-order valence-electron chi connectivity index (χ3n) is 3.35. The molecule has 0 radical (unpaired) electrons.